The van der Waals surface area contributed by atoms with E-state index in [1.165, 1.54) is 0 Å². The molecule has 3 amide bonds. The molecule has 7 nitrogen and oxygen atoms in total. The molecular formula is C23H29BrN4O3. The van der Waals surface area contributed by atoms with Crippen molar-refractivity contribution in [2.45, 2.75) is 51.5 Å². The summed E-state index contributed by atoms with van der Waals surface area (Å²) in [6.07, 6.45) is 3.01. The summed E-state index contributed by atoms with van der Waals surface area (Å²) in [5, 5.41) is 8.44. The van der Waals surface area contributed by atoms with Gasteiger partial charge in [0.05, 0.1) is 11.4 Å². The average molecular weight is 489 g/mol. The summed E-state index contributed by atoms with van der Waals surface area (Å²) < 4.78 is 0.849. The second kappa shape index (κ2) is 12.7. The number of anilines is 3. The molecule has 0 saturated carbocycles. The number of benzene rings is 2. The lowest BCUT2D eigenvalue weighted by Gasteiger charge is -2.18. The third-order valence-corrected chi connectivity index (χ3v) is 5.10. The maximum absolute atomic E-state index is 12.7. The fourth-order valence-electron chi connectivity index (χ4n) is 3.02. The smallest absolute Gasteiger partial charge is 0.246 e. The van der Waals surface area contributed by atoms with Gasteiger partial charge in [-0.15, -0.1) is 0 Å². The zero-order valence-electron chi connectivity index (χ0n) is 17.6. The van der Waals surface area contributed by atoms with Gasteiger partial charge in [0.15, 0.2) is 0 Å². The lowest BCUT2D eigenvalue weighted by atomic mass is 10.1. The monoisotopic (exact) mass is 488 g/mol. The van der Waals surface area contributed by atoms with E-state index < -0.39 is 6.04 Å². The number of halogens is 1. The number of carbonyl (C=O) groups excluding carboxylic acids is 3. The molecule has 0 aromatic heterocycles. The van der Waals surface area contributed by atoms with Gasteiger partial charge >= 0.3 is 0 Å². The van der Waals surface area contributed by atoms with Crippen molar-refractivity contribution in [1.82, 2.24) is 5.32 Å². The largest absolute Gasteiger partial charge is 0.397 e. The fourth-order valence-corrected chi connectivity index (χ4v) is 3.41. The molecule has 0 fully saturated rings. The molecule has 0 saturated heterocycles. The van der Waals surface area contributed by atoms with E-state index in [2.05, 4.69) is 31.9 Å². The van der Waals surface area contributed by atoms with Crippen molar-refractivity contribution in [3.05, 3.63) is 53.0 Å². The van der Waals surface area contributed by atoms with Crippen molar-refractivity contribution in [2.24, 2.45) is 0 Å². The van der Waals surface area contributed by atoms with Gasteiger partial charge in [-0.05, 0) is 49.6 Å². The van der Waals surface area contributed by atoms with Crippen LogP contribution in [-0.4, -0.2) is 23.8 Å². The van der Waals surface area contributed by atoms with Crippen LogP contribution >= 0.6 is 15.9 Å². The summed E-state index contributed by atoms with van der Waals surface area (Å²) in [7, 11) is 0. The number of nitrogen functional groups attached to an aromatic ring is 1. The Morgan fingerprint density at radius 2 is 1.74 bits per heavy atom. The topological polar surface area (TPSA) is 113 Å². The Hall–Kier alpha value is -2.87. The fraction of sp³-hybridized carbons (Fsp3) is 0.348. The summed E-state index contributed by atoms with van der Waals surface area (Å²) in [5.74, 6) is -0.568. The summed E-state index contributed by atoms with van der Waals surface area (Å²) in [4.78, 5) is 37.0. The molecule has 0 heterocycles. The van der Waals surface area contributed by atoms with E-state index in [1.807, 2.05) is 19.1 Å². The molecule has 0 aliphatic rings. The van der Waals surface area contributed by atoms with Crippen LogP contribution in [0, 0.1) is 0 Å². The predicted octanol–water partition coefficient (Wildman–Crippen LogP) is 4.45. The van der Waals surface area contributed by atoms with Crippen LogP contribution in [0.3, 0.4) is 0 Å². The zero-order valence-corrected chi connectivity index (χ0v) is 19.2. The molecule has 2 aromatic rings. The number of amides is 3. The van der Waals surface area contributed by atoms with Crippen LogP contribution in [0.2, 0.25) is 0 Å². The van der Waals surface area contributed by atoms with Crippen LogP contribution in [0.25, 0.3) is 0 Å². The van der Waals surface area contributed by atoms with Crippen LogP contribution in [0.15, 0.2) is 53.0 Å². The minimum absolute atomic E-state index is 0.136. The van der Waals surface area contributed by atoms with Gasteiger partial charge in [0, 0.05) is 23.0 Å². The van der Waals surface area contributed by atoms with Crippen molar-refractivity contribution >= 4 is 50.7 Å². The Bertz CT molecular complexity index is 904. The minimum Gasteiger partial charge on any atom is -0.397 e. The van der Waals surface area contributed by atoms with E-state index in [0.717, 1.165) is 4.47 Å². The SMILES string of the molecule is CCCC(=O)NC(CCCCC(=O)Nc1ccccc1N)C(=O)Nc1cccc(Br)c1. The Morgan fingerprint density at radius 3 is 2.45 bits per heavy atom. The molecule has 31 heavy (non-hydrogen) atoms. The first-order valence-corrected chi connectivity index (χ1v) is 11.2. The molecule has 0 aliphatic heterocycles. The van der Waals surface area contributed by atoms with Gasteiger partial charge in [-0.25, -0.2) is 0 Å². The molecule has 0 radical (unpaired) electrons. The number of nitrogens with one attached hydrogen (secondary N) is 3. The predicted molar refractivity (Wildman–Crippen MR) is 128 cm³/mol. The van der Waals surface area contributed by atoms with Crippen LogP contribution < -0.4 is 21.7 Å². The van der Waals surface area contributed by atoms with Crippen molar-refractivity contribution in [3.63, 3.8) is 0 Å². The third-order valence-electron chi connectivity index (χ3n) is 4.60. The molecular weight excluding hydrogens is 460 g/mol. The molecule has 2 aromatic carbocycles. The van der Waals surface area contributed by atoms with Crippen molar-refractivity contribution in [1.29, 1.82) is 0 Å². The van der Waals surface area contributed by atoms with Gasteiger partial charge in [0.2, 0.25) is 17.7 Å². The number of para-hydroxylation sites is 2. The Balaban J connectivity index is 1.87. The Labute approximate surface area is 191 Å². The molecule has 0 spiro atoms. The summed E-state index contributed by atoms with van der Waals surface area (Å²) >= 11 is 3.38. The quantitative estimate of drug-likeness (QED) is 0.276. The van der Waals surface area contributed by atoms with E-state index in [4.69, 9.17) is 5.73 Å². The van der Waals surface area contributed by atoms with Crippen molar-refractivity contribution in [3.8, 4) is 0 Å². The van der Waals surface area contributed by atoms with Crippen LogP contribution in [0.4, 0.5) is 17.1 Å². The number of rotatable bonds is 11. The molecule has 0 bridgehead atoms. The van der Waals surface area contributed by atoms with E-state index >= 15 is 0 Å². The molecule has 2 rings (SSSR count). The summed E-state index contributed by atoms with van der Waals surface area (Å²) in [6, 6.07) is 13.7. The summed E-state index contributed by atoms with van der Waals surface area (Å²) in [5.41, 5.74) is 7.59. The first-order chi connectivity index (χ1) is 14.9. The maximum atomic E-state index is 12.7. The summed E-state index contributed by atoms with van der Waals surface area (Å²) in [6.45, 7) is 1.91. The first-order valence-electron chi connectivity index (χ1n) is 10.4. The highest BCUT2D eigenvalue weighted by molar-refractivity contribution is 9.10. The van der Waals surface area contributed by atoms with Gasteiger partial charge in [0.1, 0.15) is 6.04 Å². The third kappa shape index (κ3) is 8.80. The van der Waals surface area contributed by atoms with E-state index in [1.54, 1.807) is 36.4 Å². The van der Waals surface area contributed by atoms with E-state index in [0.29, 0.717) is 55.6 Å². The highest BCUT2D eigenvalue weighted by Gasteiger charge is 2.20. The highest BCUT2D eigenvalue weighted by atomic mass is 79.9. The maximum Gasteiger partial charge on any atom is 0.246 e. The second-order valence-electron chi connectivity index (χ2n) is 7.25. The molecule has 1 atom stereocenters. The lowest BCUT2D eigenvalue weighted by molar-refractivity contribution is -0.126. The Morgan fingerprint density at radius 1 is 0.968 bits per heavy atom. The number of hydrogen-bond acceptors (Lipinski definition) is 4. The van der Waals surface area contributed by atoms with Crippen LogP contribution in [-0.2, 0) is 14.4 Å². The molecule has 1 unspecified atom stereocenters. The lowest BCUT2D eigenvalue weighted by Crippen LogP contribution is -2.43. The van der Waals surface area contributed by atoms with Crippen molar-refractivity contribution in [2.75, 3.05) is 16.4 Å². The number of nitrogens with two attached hydrogens (primary N) is 1. The van der Waals surface area contributed by atoms with Gasteiger partial charge in [-0.3, -0.25) is 14.4 Å². The van der Waals surface area contributed by atoms with Gasteiger partial charge in [-0.2, -0.15) is 0 Å². The number of hydrogen-bond donors (Lipinski definition) is 4. The number of carbonyl (C=O) groups is 3. The van der Waals surface area contributed by atoms with Crippen LogP contribution in [0.5, 0.6) is 0 Å². The highest BCUT2D eigenvalue weighted by Crippen LogP contribution is 2.18. The molecule has 5 N–H and O–H groups in total. The zero-order chi connectivity index (χ0) is 22.6. The minimum atomic E-state index is -0.661. The standard InChI is InChI=1S/C23H29BrN4O3/c1-2-8-21(29)28-20(23(31)26-17-10-7-9-16(24)15-17)13-5-6-14-22(30)27-19-12-4-3-11-18(19)25/h3-4,7,9-12,15,20H,2,5-6,8,13-14,25H2,1H3,(H,26,31)(H,27,30)(H,28,29). The normalized spacial score (nSPS) is 11.4. The molecule has 8 heteroatoms. The van der Waals surface area contributed by atoms with E-state index in [-0.39, 0.29) is 17.7 Å². The van der Waals surface area contributed by atoms with Gasteiger partial charge < -0.3 is 21.7 Å². The average Bonchev–Trinajstić information content (AvgIpc) is 2.72. The van der Waals surface area contributed by atoms with E-state index in [9.17, 15) is 14.4 Å². The number of unbranched alkanes of at least 4 members (excludes halogenated alkanes) is 1. The van der Waals surface area contributed by atoms with Gasteiger partial charge in [-0.1, -0.05) is 47.5 Å². The second-order valence-corrected chi connectivity index (χ2v) is 8.17. The van der Waals surface area contributed by atoms with Crippen LogP contribution in [0.1, 0.15) is 45.4 Å². The first kappa shape index (κ1) is 24.4. The molecule has 166 valence electrons. The van der Waals surface area contributed by atoms with Crippen molar-refractivity contribution < 1.29 is 14.4 Å². The molecule has 0 aliphatic carbocycles. The van der Waals surface area contributed by atoms with Gasteiger partial charge in [0.25, 0.3) is 0 Å². The Kier molecular flexibility index (Phi) is 10.0.